The average molecular weight is 322 g/mol. The van der Waals surface area contributed by atoms with E-state index in [-0.39, 0.29) is 12.0 Å². The minimum absolute atomic E-state index is 0.210. The molecule has 1 aromatic rings. The van der Waals surface area contributed by atoms with Crippen LogP contribution in [-0.2, 0) is 6.42 Å². The summed E-state index contributed by atoms with van der Waals surface area (Å²) in [4.78, 5) is 4.87. The van der Waals surface area contributed by atoms with Crippen molar-refractivity contribution in [2.75, 3.05) is 0 Å². The molecule has 0 saturated carbocycles. The van der Waals surface area contributed by atoms with Crippen LogP contribution in [0.3, 0.4) is 0 Å². The summed E-state index contributed by atoms with van der Waals surface area (Å²) in [5, 5.41) is 0. The fourth-order valence-electron chi connectivity index (χ4n) is 3.18. The highest BCUT2D eigenvalue weighted by Gasteiger charge is 2.16. The molecule has 0 bridgehead atoms. The SMILES string of the molecule is C=C(Cc1cccc(C)c1)C1/C=N\C(C(C)C)/C=C(CC)\C(C)=C/1. The third-order valence-electron chi connectivity index (χ3n) is 4.78. The van der Waals surface area contributed by atoms with Crippen LogP contribution < -0.4 is 0 Å². The molecule has 0 aromatic heterocycles. The van der Waals surface area contributed by atoms with Gasteiger partial charge >= 0.3 is 0 Å². The van der Waals surface area contributed by atoms with Crippen LogP contribution in [0.15, 0.2) is 64.7 Å². The number of hydrogen-bond acceptors (Lipinski definition) is 1. The van der Waals surface area contributed by atoms with Crippen LogP contribution in [0.5, 0.6) is 0 Å². The Labute approximate surface area is 147 Å². The third kappa shape index (κ3) is 4.80. The summed E-state index contributed by atoms with van der Waals surface area (Å²) in [5.41, 5.74) is 6.62. The van der Waals surface area contributed by atoms with Gasteiger partial charge in [-0.05, 0) is 43.7 Å². The van der Waals surface area contributed by atoms with Crippen molar-refractivity contribution >= 4 is 6.21 Å². The zero-order valence-corrected chi connectivity index (χ0v) is 15.8. The van der Waals surface area contributed by atoms with Crippen molar-refractivity contribution in [1.82, 2.24) is 0 Å². The molecule has 24 heavy (non-hydrogen) atoms. The maximum absolute atomic E-state index is 4.87. The van der Waals surface area contributed by atoms with Gasteiger partial charge in [0.2, 0.25) is 0 Å². The number of benzene rings is 1. The van der Waals surface area contributed by atoms with Crippen molar-refractivity contribution in [3.63, 3.8) is 0 Å². The molecule has 0 amide bonds. The Bertz CT molecular complexity index is 673. The van der Waals surface area contributed by atoms with Gasteiger partial charge < -0.3 is 0 Å². The van der Waals surface area contributed by atoms with Crippen molar-refractivity contribution in [3.05, 3.63) is 70.8 Å². The van der Waals surface area contributed by atoms with E-state index in [9.17, 15) is 0 Å². The average Bonchev–Trinajstić information content (AvgIpc) is 2.51. The van der Waals surface area contributed by atoms with E-state index >= 15 is 0 Å². The van der Waals surface area contributed by atoms with Crippen molar-refractivity contribution in [2.24, 2.45) is 16.8 Å². The Morgan fingerprint density at radius 1 is 1.21 bits per heavy atom. The maximum atomic E-state index is 4.87. The van der Waals surface area contributed by atoms with Crippen LogP contribution in [0.4, 0.5) is 0 Å². The first kappa shape index (κ1) is 18.4. The lowest BCUT2D eigenvalue weighted by Crippen LogP contribution is -2.16. The van der Waals surface area contributed by atoms with Crippen LogP contribution in [0, 0.1) is 18.8 Å². The van der Waals surface area contributed by atoms with Crippen LogP contribution in [0.2, 0.25) is 0 Å². The summed E-state index contributed by atoms with van der Waals surface area (Å²) < 4.78 is 0. The first-order chi connectivity index (χ1) is 11.4. The van der Waals surface area contributed by atoms with Gasteiger partial charge in [-0.25, -0.2) is 0 Å². The molecule has 128 valence electrons. The second-order valence-corrected chi connectivity index (χ2v) is 7.28. The van der Waals surface area contributed by atoms with Crippen molar-refractivity contribution in [2.45, 2.75) is 53.5 Å². The van der Waals surface area contributed by atoms with Gasteiger partial charge in [0.1, 0.15) is 0 Å². The molecule has 0 fully saturated rings. The van der Waals surface area contributed by atoms with Gasteiger partial charge in [-0.1, -0.05) is 80.5 Å². The van der Waals surface area contributed by atoms with Gasteiger partial charge in [0.05, 0.1) is 6.04 Å². The predicted octanol–water partition coefficient (Wildman–Crippen LogP) is 6.10. The Morgan fingerprint density at radius 3 is 2.58 bits per heavy atom. The van der Waals surface area contributed by atoms with Gasteiger partial charge in [-0.15, -0.1) is 0 Å². The summed E-state index contributed by atoms with van der Waals surface area (Å²) in [7, 11) is 0. The summed E-state index contributed by atoms with van der Waals surface area (Å²) in [5.74, 6) is 0.724. The smallest absolute Gasteiger partial charge is 0.0704 e. The van der Waals surface area contributed by atoms with E-state index in [1.54, 1.807) is 0 Å². The Morgan fingerprint density at radius 2 is 1.96 bits per heavy atom. The molecule has 1 heterocycles. The predicted molar refractivity (Wildman–Crippen MR) is 107 cm³/mol. The number of rotatable bonds is 5. The fraction of sp³-hybridized carbons (Fsp3) is 0.435. The van der Waals surface area contributed by atoms with E-state index in [4.69, 9.17) is 4.99 Å². The highest BCUT2D eigenvalue weighted by atomic mass is 14.8. The molecular weight excluding hydrogens is 290 g/mol. The van der Waals surface area contributed by atoms with Gasteiger partial charge in [-0.3, -0.25) is 4.99 Å². The molecule has 1 nitrogen and oxygen atoms in total. The first-order valence-corrected chi connectivity index (χ1v) is 9.06. The van der Waals surface area contributed by atoms with E-state index in [0.717, 1.165) is 12.8 Å². The summed E-state index contributed by atoms with van der Waals surface area (Å²) in [6.45, 7) is 15.4. The zero-order chi connectivity index (χ0) is 17.7. The zero-order valence-electron chi connectivity index (χ0n) is 15.8. The highest BCUT2D eigenvalue weighted by molar-refractivity contribution is 5.69. The fourth-order valence-corrected chi connectivity index (χ4v) is 3.18. The summed E-state index contributed by atoms with van der Waals surface area (Å²) in [6, 6.07) is 8.95. The summed E-state index contributed by atoms with van der Waals surface area (Å²) >= 11 is 0. The van der Waals surface area contributed by atoms with Crippen molar-refractivity contribution in [1.29, 1.82) is 0 Å². The molecule has 0 aliphatic carbocycles. The molecular formula is C23H31N. The first-order valence-electron chi connectivity index (χ1n) is 9.06. The van der Waals surface area contributed by atoms with E-state index in [0.29, 0.717) is 5.92 Å². The van der Waals surface area contributed by atoms with E-state index in [1.165, 1.54) is 27.8 Å². The molecule has 1 aliphatic heterocycles. The monoisotopic (exact) mass is 321 g/mol. The van der Waals surface area contributed by atoms with Gasteiger partial charge in [0, 0.05) is 12.1 Å². The number of nitrogens with zero attached hydrogens (tertiary/aromatic N) is 1. The van der Waals surface area contributed by atoms with Crippen molar-refractivity contribution in [3.8, 4) is 0 Å². The van der Waals surface area contributed by atoms with Crippen LogP contribution in [0.25, 0.3) is 0 Å². The molecule has 1 aliphatic rings. The summed E-state index contributed by atoms with van der Waals surface area (Å²) in [6.07, 6.45) is 8.73. The number of aryl methyl sites for hydroxylation is 1. The lowest BCUT2D eigenvalue weighted by Gasteiger charge is -2.21. The molecule has 2 rings (SSSR count). The van der Waals surface area contributed by atoms with Gasteiger partial charge in [0.25, 0.3) is 0 Å². The highest BCUT2D eigenvalue weighted by Crippen LogP contribution is 2.25. The molecule has 0 N–H and O–H groups in total. The Balaban J connectivity index is 2.26. The molecule has 2 unspecified atom stereocenters. The molecule has 0 radical (unpaired) electrons. The molecule has 0 spiro atoms. The van der Waals surface area contributed by atoms with Crippen LogP contribution in [0.1, 0.15) is 45.2 Å². The minimum Gasteiger partial charge on any atom is -0.289 e. The Kier molecular flexibility index (Phi) is 6.36. The van der Waals surface area contributed by atoms with Crippen LogP contribution in [-0.4, -0.2) is 12.3 Å². The third-order valence-corrected chi connectivity index (χ3v) is 4.78. The van der Waals surface area contributed by atoms with Crippen molar-refractivity contribution < 1.29 is 0 Å². The number of aliphatic imine (C=N–C) groups is 1. The van der Waals surface area contributed by atoms with Gasteiger partial charge in [0.15, 0.2) is 0 Å². The molecule has 1 heteroatoms. The number of hydrogen-bond donors (Lipinski definition) is 0. The standard InChI is InChI=1S/C23H31N/c1-7-21-14-23(16(2)3)24-15-22(13-19(21)6)18(5)12-20-10-8-9-17(4)11-20/h8-11,13-16,22-23H,5,7,12H2,1-4,6H3/b19-13-,21-14-,24-15-. The minimum atomic E-state index is 0.210. The van der Waals surface area contributed by atoms with E-state index in [1.807, 2.05) is 0 Å². The Hall–Kier alpha value is -1.89. The molecule has 0 saturated heterocycles. The molecule has 1 aromatic carbocycles. The second kappa shape index (κ2) is 8.28. The number of allylic oxidation sites excluding steroid dienone is 4. The normalized spacial score (nSPS) is 26.8. The maximum Gasteiger partial charge on any atom is 0.0704 e. The van der Waals surface area contributed by atoms with E-state index < -0.39 is 0 Å². The van der Waals surface area contributed by atoms with Crippen LogP contribution >= 0.6 is 0 Å². The van der Waals surface area contributed by atoms with Gasteiger partial charge in [-0.2, -0.15) is 0 Å². The largest absolute Gasteiger partial charge is 0.289 e. The second-order valence-electron chi connectivity index (χ2n) is 7.28. The molecule has 2 atom stereocenters. The quantitative estimate of drug-likeness (QED) is 0.581. The lowest BCUT2D eigenvalue weighted by atomic mass is 9.88. The lowest BCUT2D eigenvalue weighted by molar-refractivity contribution is 0.569. The topological polar surface area (TPSA) is 12.4 Å². The van der Waals surface area contributed by atoms with E-state index in [2.05, 4.69) is 83.8 Å².